The molecule has 0 fully saturated rings. The van der Waals surface area contributed by atoms with E-state index < -0.39 is 0 Å². The first-order chi connectivity index (χ1) is 8.24. The molecule has 0 saturated carbocycles. The highest BCUT2D eigenvalue weighted by molar-refractivity contribution is 7.21. The molecule has 0 atom stereocenters. The predicted octanol–water partition coefficient (Wildman–Crippen LogP) is 3.72. The van der Waals surface area contributed by atoms with E-state index in [9.17, 15) is 5.11 Å². The molecule has 84 valence electrons. The van der Waals surface area contributed by atoms with Gasteiger partial charge in [-0.3, -0.25) is 4.98 Å². The third-order valence-corrected chi connectivity index (χ3v) is 3.77. The molecule has 3 nitrogen and oxygen atoms in total. The maximum atomic E-state index is 9.48. The predicted molar refractivity (Wildman–Crippen MR) is 69.5 cm³/mol. The third-order valence-electron chi connectivity index (χ3n) is 2.37. The molecule has 2 heterocycles. The number of phenolic OH excluding ortho intramolecular Hbond substituents is 1. The maximum absolute atomic E-state index is 9.48. The van der Waals surface area contributed by atoms with Gasteiger partial charge < -0.3 is 5.11 Å². The molecule has 0 amide bonds. The van der Waals surface area contributed by atoms with Gasteiger partial charge in [-0.2, -0.15) is 0 Å². The summed E-state index contributed by atoms with van der Waals surface area (Å²) in [6.07, 6.45) is 3.44. The van der Waals surface area contributed by atoms with Crippen LogP contribution < -0.4 is 0 Å². The maximum Gasteiger partial charge on any atom is 0.126 e. The van der Waals surface area contributed by atoms with Crippen molar-refractivity contribution in [1.82, 2.24) is 9.97 Å². The van der Waals surface area contributed by atoms with Crippen molar-refractivity contribution >= 4 is 33.2 Å². The van der Waals surface area contributed by atoms with Crippen LogP contribution >= 0.6 is 22.9 Å². The summed E-state index contributed by atoms with van der Waals surface area (Å²) in [6, 6.07) is 6.75. The van der Waals surface area contributed by atoms with Gasteiger partial charge in [0.05, 0.1) is 15.9 Å². The highest BCUT2D eigenvalue weighted by Gasteiger charge is 2.10. The van der Waals surface area contributed by atoms with Gasteiger partial charge >= 0.3 is 0 Å². The highest BCUT2D eigenvalue weighted by atomic mass is 35.5. The van der Waals surface area contributed by atoms with Crippen molar-refractivity contribution in [2.24, 2.45) is 0 Å². The summed E-state index contributed by atoms with van der Waals surface area (Å²) in [6.45, 7) is 0. The van der Waals surface area contributed by atoms with Crippen molar-refractivity contribution < 1.29 is 5.11 Å². The molecule has 1 N–H and O–H groups in total. The first-order valence-electron chi connectivity index (χ1n) is 4.93. The Morgan fingerprint density at radius 3 is 2.94 bits per heavy atom. The van der Waals surface area contributed by atoms with Crippen molar-refractivity contribution in [3.05, 3.63) is 41.7 Å². The first-order valence-corrected chi connectivity index (χ1v) is 6.13. The van der Waals surface area contributed by atoms with Crippen molar-refractivity contribution in [3.63, 3.8) is 0 Å². The lowest BCUT2D eigenvalue weighted by Crippen LogP contribution is -1.78. The minimum Gasteiger partial charge on any atom is -0.508 e. The third kappa shape index (κ3) is 1.85. The summed E-state index contributed by atoms with van der Waals surface area (Å²) < 4.78 is 1.05. The number of fused-ring (bicyclic) bond motifs is 1. The normalized spacial score (nSPS) is 10.9. The number of phenols is 1. The quantitative estimate of drug-likeness (QED) is 0.727. The average molecular weight is 263 g/mol. The summed E-state index contributed by atoms with van der Waals surface area (Å²) >= 11 is 7.62. The number of halogens is 1. The van der Waals surface area contributed by atoms with Gasteiger partial charge in [0.15, 0.2) is 0 Å². The van der Waals surface area contributed by atoms with Gasteiger partial charge in [-0.1, -0.05) is 11.6 Å². The molecule has 1 aromatic carbocycles. The highest BCUT2D eigenvalue weighted by Crippen LogP contribution is 2.35. The Morgan fingerprint density at radius 2 is 2.12 bits per heavy atom. The lowest BCUT2D eigenvalue weighted by Gasteiger charge is -2.00. The van der Waals surface area contributed by atoms with Crippen molar-refractivity contribution in [2.75, 3.05) is 0 Å². The molecule has 17 heavy (non-hydrogen) atoms. The molecule has 3 rings (SSSR count). The number of pyridine rings is 1. The average Bonchev–Trinajstić information content (AvgIpc) is 2.75. The van der Waals surface area contributed by atoms with Crippen LogP contribution in [0.2, 0.25) is 5.02 Å². The van der Waals surface area contributed by atoms with E-state index in [4.69, 9.17) is 11.6 Å². The second kappa shape index (κ2) is 3.98. The number of hydrogen-bond acceptors (Lipinski definition) is 4. The Kier molecular flexibility index (Phi) is 2.46. The van der Waals surface area contributed by atoms with Crippen molar-refractivity contribution in [2.45, 2.75) is 0 Å². The minimum atomic E-state index is 0.182. The van der Waals surface area contributed by atoms with Gasteiger partial charge in [0.25, 0.3) is 0 Å². The Bertz CT molecular complexity index is 663. The smallest absolute Gasteiger partial charge is 0.126 e. The zero-order valence-corrected chi connectivity index (χ0v) is 10.2. The molecule has 0 saturated heterocycles. The number of rotatable bonds is 1. The van der Waals surface area contributed by atoms with E-state index in [1.807, 2.05) is 6.07 Å². The summed E-state index contributed by atoms with van der Waals surface area (Å²) in [5, 5.41) is 10.8. The molecule has 2 aromatic heterocycles. The van der Waals surface area contributed by atoms with Crippen LogP contribution in [0.1, 0.15) is 0 Å². The molecule has 0 unspecified atom stereocenters. The van der Waals surface area contributed by atoms with Crippen LogP contribution in [0.5, 0.6) is 5.75 Å². The number of benzene rings is 1. The molecule has 0 aliphatic carbocycles. The molecular formula is C12H7ClN2OS. The number of hydrogen-bond donors (Lipinski definition) is 1. The Labute approximate surface area is 106 Å². The van der Waals surface area contributed by atoms with Crippen LogP contribution in [0.15, 0.2) is 36.7 Å². The second-order valence-corrected chi connectivity index (χ2v) is 4.96. The Morgan fingerprint density at radius 1 is 1.24 bits per heavy atom. The fraction of sp³-hybridized carbons (Fsp3) is 0. The summed E-state index contributed by atoms with van der Waals surface area (Å²) in [7, 11) is 0. The van der Waals surface area contributed by atoms with Gasteiger partial charge in [0.2, 0.25) is 0 Å². The van der Waals surface area contributed by atoms with Gasteiger partial charge in [0, 0.05) is 11.8 Å². The Hall–Kier alpha value is -1.65. The fourth-order valence-electron chi connectivity index (χ4n) is 1.57. The number of aromatic nitrogens is 2. The van der Waals surface area contributed by atoms with Crippen molar-refractivity contribution in [1.29, 1.82) is 0 Å². The van der Waals surface area contributed by atoms with Crippen LogP contribution in [0.3, 0.4) is 0 Å². The molecule has 0 bridgehead atoms. The van der Waals surface area contributed by atoms with Gasteiger partial charge in [-0.25, -0.2) is 4.98 Å². The molecule has 5 heteroatoms. The van der Waals surface area contributed by atoms with Gasteiger partial charge in [-0.05, 0) is 24.3 Å². The van der Waals surface area contributed by atoms with Crippen LogP contribution in [0.25, 0.3) is 20.8 Å². The molecule has 0 aliphatic heterocycles. The van der Waals surface area contributed by atoms with Crippen LogP contribution in [0.4, 0.5) is 0 Å². The first kappa shape index (κ1) is 10.5. The molecule has 0 radical (unpaired) electrons. The lowest BCUT2D eigenvalue weighted by molar-refractivity contribution is 0.475. The van der Waals surface area contributed by atoms with Crippen LogP contribution in [-0.4, -0.2) is 15.1 Å². The monoisotopic (exact) mass is 262 g/mol. The number of aromatic hydroxyl groups is 1. The largest absolute Gasteiger partial charge is 0.508 e. The zero-order chi connectivity index (χ0) is 11.8. The van der Waals surface area contributed by atoms with Gasteiger partial charge in [0.1, 0.15) is 16.3 Å². The van der Waals surface area contributed by atoms with E-state index in [1.165, 1.54) is 11.3 Å². The molecule has 0 aliphatic rings. The Balaban J connectivity index is 2.23. The van der Waals surface area contributed by atoms with E-state index in [0.29, 0.717) is 5.02 Å². The fourth-order valence-corrected chi connectivity index (χ4v) is 2.80. The van der Waals surface area contributed by atoms with Crippen molar-refractivity contribution in [3.8, 4) is 16.3 Å². The van der Waals surface area contributed by atoms with Gasteiger partial charge in [-0.15, -0.1) is 11.3 Å². The summed E-state index contributed by atoms with van der Waals surface area (Å²) in [5.41, 5.74) is 1.58. The van der Waals surface area contributed by atoms with E-state index in [2.05, 4.69) is 9.97 Å². The van der Waals surface area contributed by atoms with E-state index >= 15 is 0 Å². The molecular weight excluding hydrogens is 256 g/mol. The molecule has 3 aromatic rings. The number of thiazole rings is 1. The second-order valence-electron chi connectivity index (χ2n) is 3.53. The van der Waals surface area contributed by atoms with Crippen LogP contribution in [-0.2, 0) is 0 Å². The van der Waals surface area contributed by atoms with Crippen LogP contribution in [0, 0.1) is 0 Å². The SMILES string of the molecule is Oc1ccc(Cl)c(-c2nc3cnccc3s2)c1. The molecule has 0 spiro atoms. The zero-order valence-electron chi connectivity index (χ0n) is 8.59. The van der Waals surface area contributed by atoms with E-state index in [-0.39, 0.29) is 5.75 Å². The number of nitrogens with zero attached hydrogens (tertiary/aromatic N) is 2. The summed E-state index contributed by atoms with van der Waals surface area (Å²) in [5.74, 6) is 0.182. The van der Waals surface area contributed by atoms with E-state index in [0.717, 1.165) is 20.8 Å². The minimum absolute atomic E-state index is 0.182. The van der Waals surface area contributed by atoms with E-state index in [1.54, 1.807) is 30.6 Å². The topological polar surface area (TPSA) is 46.0 Å². The lowest BCUT2D eigenvalue weighted by atomic mass is 10.2. The summed E-state index contributed by atoms with van der Waals surface area (Å²) in [4.78, 5) is 8.47. The standard InChI is InChI=1S/C12H7ClN2OS/c13-9-2-1-7(16)5-8(9)12-15-10-6-14-4-3-11(10)17-12/h1-6,16H.